The summed E-state index contributed by atoms with van der Waals surface area (Å²) >= 11 is 0. The molecule has 0 amide bonds. The number of likely N-dealkylation sites (tertiary alicyclic amines) is 1. The van der Waals surface area contributed by atoms with E-state index in [-0.39, 0.29) is 12.0 Å². The third-order valence-electron chi connectivity index (χ3n) is 5.65. The first kappa shape index (κ1) is 26.0. The molecule has 0 spiro atoms. The minimum absolute atomic E-state index is 0.107. The van der Waals surface area contributed by atoms with E-state index >= 15 is 0 Å². The number of rotatable bonds is 11. The number of nitrogens with one attached hydrogen (secondary N) is 3. The van der Waals surface area contributed by atoms with E-state index in [1.807, 2.05) is 44.0 Å². The summed E-state index contributed by atoms with van der Waals surface area (Å²) < 4.78 is 10.8. The first-order valence-corrected chi connectivity index (χ1v) is 11.6. The molecule has 1 fully saturated rings. The number of hydrogen-bond acceptors (Lipinski definition) is 9. The van der Waals surface area contributed by atoms with E-state index < -0.39 is 0 Å². The molecule has 3 rings (SSSR count). The molecule has 0 saturated carbocycles. The van der Waals surface area contributed by atoms with E-state index in [2.05, 4.69) is 20.6 Å². The molecule has 188 valence electrons. The molecule has 10 nitrogen and oxygen atoms in total. The summed E-state index contributed by atoms with van der Waals surface area (Å²) in [7, 11) is 3.46. The van der Waals surface area contributed by atoms with Crippen LogP contribution in [0.25, 0.3) is 16.6 Å². The Hall–Kier alpha value is -3.63. The van der Waals surface area contributed by atoms with Gasteiger partial charge in [-0.2, -0.15) is 0 Å². The molecule has 1 saturated heterocycles. The van der Waals surface area contributed by atoms with E-state index in [1.54, 1.807) is 31.8 Å². The number of amidine groups is 1. The van der Waals surface area contributed by atoms with Crippen LogP contribution in [0, 0.1) is 11.3 Å². The van der Waals surface area contributed by atoms with Crippen molar-refractivity contribution >= 4 is 28.3 Å². The summed E-state index contributed by atoms with van der Waals surface area (Å²) in [6.45, 7) is 6.55. The molecule has 0 unspecified atom stereocenters. The highest BCUT2D eigenvalue weighted by Gasteiger charge is 2.31. The second-order valence-electron chi connectivity index (χ2n) is 8.59. The maximum Gasteiger partial charge on any atom is 0.132 e. The predicted molar refractivity (Wildman–Crippen MR) is 140 cm³/mol. The fourth-order valence-corrected chi connectivity index (χ4v) is 3.62. The minimum atomic E-state index is 0.107. The Morgan fingerprint density at radius 1 is 1.29 bits per heavy atom. The van der Waals surface area contributed by atoms with E-state index in [0.29, 0.717) is 49.3 Å². The summed E-state index contributed by atoms with van der Waals surface area (Å²) in [6, 6.07) is 5.64. The van der Waals surface area contributed by atoms with Gasteiger partial charge in [-0.15, -0.1) is 0 Å². The molecule has 2 aromatic heterocycles. The highest BCUT2D eigenvalue weighted by Crippen LogP contribution is 2.24. The fraction of sp³-hybridized carbons (Fsp3) is 0.400. The summed E-state index contributed by atoms with van der Waals surface area (Å²) in [6.07, 6.45) is 7.03. The Balaban J connectivity index is 1.77. The van der Waals surface area contributed by atoms with E-state index in [9.17, 15) is 0 Å². The lowest BCUT2D eigenvalue weighted by Gasteiger charge is -2.41. The van der Waals surface area contributed by atoms with Gasteiger partial charge in [-0.05, 0) is 42.0 Å². The quantitative estimate of drug-likeness (QED) is 0.141. The molecule has 0 aliphatic carbocycles. The molecule has 2 aromatic rings. The molecule has 10 heteroatoms. The van der Waals surface area contributed by atoms with Crippen LogP contribution in [0.4, 0.5) is 5.82 Å². The number of ether oxygens (including phenoxy) is 2. The summed E-state index contributed by atoms with van der Waals surface area (Å²) in [5, 5.41) is 14.9. The van der Waals surface area contributed by atoms with Crippen molar-refractivity contribution in [1.29, 1.82) is 5.41 Å². The van der Waals surface area contributed by atoms with Gasteiger partial charge in [-0.1, -0.05) is 13.8 Å². The molecule has 35 heavy (non-hydrogen) atoms. The van der Waals surface area contributed by atoms with Gasteiger partial charge in [-0.3, -0.25) is 10.4 Å². The molecule has 1 aliphatic rings. The monoisotopic (exact) mass is 480 g/mol. The second-order valence-corrected chi connectivity index (χ2v) is 8.59. The Labute approximate surface area is 206 Å². The lowest BCUT2D eigenvalue weighted by molar-refractivity contribution is -0.0424. The van der Waals surface area contributed by atoms with E-state index in [1.165, 1.54) is 0 Å². The number of hydrogen-bond donors (Lipinski definition) is 5. The lowest BCUT2D eigenvalue weighted by Crippen LogP contribution is -2.55. The molecule has 3 heterocycles. The Kier molecular flexibility index (Phi) is 9.04. The van der Waals surface area contributed by atoms with E-state index in [0.717, 1.165) is 22.2 Å². The molecule has 0 atom stereocenters. The number of fused-ring (bicyclic) bond motifs is 1. The number of methoxy groups -OCH3 is 1. The molecular weight excluding hydrogens is 444 g/mol. The Morgan fingerprint density at radius 2 is 2.06 bits per heavy atom. The molecular formula is C25H36N8O2. The normalized spacial score (nSPS) is 15.5. The predicted octanol–water partition coefficient (Wildman–Crippen LogP) is 2.23. The fourth-order valence-electron chi connectivity index (χ4n) is 3.62. The van der Waals surface area contributed by atoms with Crippen molar-refractivity contribution < 1.29 is 9.47 Å². The van der Waals surface area contributed by atoms with Gasteiger partial charge < -0.3 is 36.5 Å². The number of aromatic nitrogens is 2. The zero-order valence-electron chi connectivity index (χ0n) is 20.8. The lowest BCUT2D eigenvalue weighted by atomic mass is 10.0. The van der Waals surface area contributed by atoms with Gasteiger partial charge in [-0.25, -0.2) is 4.98 Å². The minimum Gasteiger partial charge on any atom is -0.404 e. The molecule has 1 aliphatic heterocycles. The molecule has 0 radical (unpaired) electrons. The van der Waals surface area contributed by atoms with Crippen molar-refractivity contribution in [3.05, 3.63) is 59.8 Å². The van der Waals surface area contributed by atoms with Gasteiger partial charge >= 0.3 is 0 Å². The van der Waals surface area contributed by atoms with Crippen molar-refractivity contribution in [2.75, 3.05) is 45.8 Å². The molecule has 7 N–H and O–H groups in total. The summed E-state index contributed by atoms with van der Waals surface area (Å²) in [5.74, 6) is 1.70. The maximum atomic E-state index is 8.75. The van der Waals surface area contributed by atoms with Gasteiger partial charge in [0.1, 0.15) is 17.5 Å². The van der Waals surface area contributed by atoms with Crippen LogP contribution in [-0.4, -0.2) is 67.3 Å². The topological polar surface area (TPSA) is 147 Å². The van der Waals surface area contributed by atoms with Crippen LogP contribution >= 0.6 is 0 Å². The van der Waals surface area contributed by atoms with Gasteiger partial charge in [0.2, 0.25) is 0 Å². The maximum absolute atomic E-state index is 8.75. The average Bonchev–Trinajstić information content (AvgIpc) is 2.81. The standard InChI is InChI=1S/C25H36N8O2/c1-16(2)17(11-26)10-23(27)32-24-6-5-21-22(31-24)9-18(12-30-21)20(13-29-3)25(28)33-14-19(15-33)35-8-7-34-4/h5-6,9-13,16,19,28-29H,7-8,14-15,26-27H2,1-4H3,(H,31,32)/b17-11+,20-13-,23-10+,28-25?. The zero-order chi connectivity index (χ0) is 25.4. The van der Waals surface area contributed by atoms with Gasteiger partial charge in [0, 0.05) is 50.8 Å². The molecule has 0 bridgehead atoms. The van der Waals surface area contributed by atoms with Crippen molar-refractivity contribution in [2.24, 2.45) is 17.4 Å². The van der Waals surface area contributed by atoms with Crippen molar-refractivity contribution in [1.82, 2.24) is 20.2 Å². The van der Waals surface area contributed by atoms with Gasteiger partial charge in [0.25, 0.3) is 0 Å². The number of nitrogens with zero attached hydrogens (tertiary/aromatic N) is 3. The van der Waals surface area contributed by atoms with Gasteiger partial charge in [0.15, 0.2) is 0 Å². The zero-order valence-corrected chi connectivity index (χ0v) is 20.8. The van der Waals surface area contributed by atoms with Crippen LogP contribution in [0.5, 0.6) is 0 Å². The van der Waals surface area contributed by atoms with Crippen LogP contribution in [0.3, 0.4) is 0 Å². The average molecular weight is 481 g/mol. The van der Waals surface area contributed by atoms with Crippen LogP contribution in [0.1, 0.15) is 19.4 Å². The Morgan fingerprint density at radius 3 is 2.71 bits per heavy atom. The first-order valence-electron chi connectivity index (χ1n) is 11.6. The second kappa shape index (κ2) is 12.2. The molecule has 0 aromatic carbocycles. The summed E-state index contributed by atoms with van der Waals surface area (Å²) in [5.41, 5.74) is 15.7. The number of pyridine rings is 2. The van der Waals surface area contributed by atoms with Crippen molar-refractivity contribution in [2.45, 2.75) is 20.0 Å². The van der Waals surface area contributed by atoms with E-state index in [4.69, 9.17) is 26.4 Å². The smallest absolute Gasteiger partial charge is 0.132 e. The first-order chi connectivity index (χ1) is 16.9. The largest absolute Gasteiger partial charge is 0.404 e. The Bertz CT molecular complexity index is 1120. The highest BCUT2D eigenvalue weighted by atomic mass is 16.5. The number of anilines is 1. The van der Waals surface area contributed by atoms with Crippen LogP contribution < -0.4 is 22.1 Å². The third-order valence-corrected chi connectivity index (χ3v) is 5.65. The SMILES string of the molecule is CN/C=C(\C(=N)N1CC(OCCOC)C1)c1cnc2ccc(N/C(N)=C/C(=C\N)C(C)C)nc2c1. The van der Waals surface area contributed by atoms with Crippen molar-refractivity contribution in [3.8, 4) is 0 Å². The highest BCUT2D eigenvalue weighted by molar-refractivity contribution is 6.21. The van der Waals surface area contributed by atoms with Crippen LogP contribution in [0.2, 0.25) is 0 Å². The number of allylic oxidation sites excluding steroid dienone is 2. The summed E-state index contributed by atoms with van der Waals surface area (Å²) in [4.78, 5) is 11.2. The third kappa shape index (κ3) is 6.71. The van der Waals surface area contributed by atoms with Crippen molar-refractivity contribution in [3.63, 3.8) is 0 Å². The van der Waals surface area contributed by atoms with Crippen LogP contribution in [-0.2, 0) is 9.47 Å². The number of nitrogens with two attached hydrogens (primary N) is 2. The van der Waals surface area contributed by atoms with Crippen LogP contribution in [0.15, 0.2) is 54.3 Å². The van der Waals surface area contributed by atoms with Gasteiger partial charge in [0.05, 0.1) is 30.4 Å².